The summed E-state index contributed by atoms with van der Waals surface area (Å²) in [5.41, 5.74) is 3.76. The standard InChI is InChI=1S/C18H26N2O2/c1-14-6-4-8-18(15(14)2)22-11-10-20-9-5-7-17(13-20)12-19-16(3)21/h4,6-8H,5,9-13H2,1-3H3,(H,19,21). The normalized spacial score (nSPS) is 15.3. The Hall–Kier alpha value is -1.81. The van der Waals surface area contributed by atoms with Crippen molar-refractivity contribution in [3.05, 3.63) is 41.0 Å². The van der Waals surface area contributed by atoms with E-state index in [4.69, 9.17) is 4.74 Å². The fraction of sp³-hybridized carbons (Fsp3) is 0.500. The summed E-state index contributed by atoms with van der Waals surface area (Å²) in [4.78, 5) is 13.4. The van der Waals surface area contributed by atoms with Crippen molar-refractivity contribution >= 4 is 5.91 Å². The van der Waals surface area contributed by atoms with Crippen molar-refractivity contribution in [2.24, 2.45) is 0 Å². The third-order valence-electron chi connectivity index (χ3n) is 4.09. The van der Waals surface area contributed by atoms with Crippen LogP contribution in [0.15, 0.2) is 29.8 Å². The van der Waals surface area contributed by atoms with Gasteiger partial charge in [-0.2, -0.15) is 0 Å². The van der Waals surface area contributed by atoms with E-state index in [0.717, 1.165) is 31.8 Å². The lowest BCUT2D eigenvalue weighted by molar-refractivity contribution is -0.118. The van der Waals surface area contributed by atoms with Crippen molar-refractivity contribution < 1.29 is 9.53 Å². The van der Waals surface area contributed by atoms with Gasteiger partial charge in [-0.05, 0) is 43.0 Å². The molecule has 22 heavy (non-hydrogen) atoms. The Kier molecular flexibility index (Phi) is 6.01. The molecule has 0 aromatic heterocycles. The van der Waals surface area contributed by atoms with Gasteiger partial charge in [-0.15, -0.1) is 0 Å². The van der Waals surface area contributed by atoms with Gasteiger partial charge in [-0.25, -0.2) is 0 Å². The summed E-state index contributed by atoms with van der Waals surface area (Å²) >= 11 is 0. The van der Waals surface area contributed by atoms with Gasteiger partial charge in [-0.3, -0.25) is 9.69 Å². The van der Waals surface area contributed by atoms with Gasteiger partial charge in [0, 0.05) is 33.1 Å². The second-order valence-electron chi connectivity index (χ2n) is 5.88. The maximum atomic E-state index is 11.0. The second-order valence-corrected chi connectivity index (χ2v) is 5.88. The number of hydrogen-bond donors (Lipinski definition) is 1. The molecule has 0 radical (unpaired) electrons. The van der Waals surface area contributed by atoms with E-state index in [-0.39, 0.29) is 5.91 Å². The van der Waals surface area contributed by atoms with E-state index in [1.54, 1.807) is 6.92 Å². The van der Waals surface area contributed by atoms with Gasteiger partial charge < -0.3 is 10.1 Å². The molecule has 1 aromatic rings. The predicted octanol–water partition coefficient (Wildman–Crippen LogP) is 2.45. The average molecular weight is 302 g/mol. The lowest BCUT2D eigenvalue weighted by Gasteiger charge is -2.27. The minimum Gasteiger partial charge on any atom is -0.492 e. The number of rotatable bonds is 6. The fourth-order valence-electron chi connectivity index (χ4n) is 2.60. The first-order chi connectivity index (χ1) is 10.6. The quantitative estimate of drug-likeness (QED) is 0.821. The van der Waals surface area contributed by atoms with Gasteiger partial charge in [0.2, 0.25) is 5.91 Å². The van der Waals surface area contributed by atoms with Crippen LogP contribution in [0.1, 0.15) is 24.5 Å². The first-order valence-corrected chi connectivity index (χ1v) is 7.90. The highest BCUT2D eigenvalue weighted by molar-refractivity contribution is 5.73. The van der Waals surface area contributed by atoms with E-state index >= 15 is 0 Å². The van der Waals surface area contributed by atoms with Crippen LogP contribution in [0.25, 0.3) is 0 Å². The van der Waals surface area contributed by atoms with Crippen LogP contribution >= 0.6 is 0 Å². The van der Waals surface area contributed by atoms with E-state index < -0.39 is 0 Å². The van der Waals surface area contributed by atoms with Crippen molar-refractivity contribution in [1.82, 2.24) is 10.2 Å². The van der Waals surface area contributed by atoms with Crippen LogP contribution in [0.3, 0.4) is 0 Å². The van der Waals surface area contributed by atoms with Crippen molar-refractivity contribution in [3.8, 4) is 5.75 Å². The van der Waals surface area contributed by atoms with E-state index in [1.165, 1.54) is 16.7 Å². The van der Waals surface area contributed by atoms with Gasteiger partial charge >= 0.3 is 0 Å². The number of nitrogens with one attached hydrogen (secondary N) is 1. The van der Waals surface area contributed by atoms with Crippen LogP contribution in [0, 0.1) is 13.8 Å². The maximum absolute atomic E-state index is 11.0. The van der Waals surface area contributed by atoms with Crippen LogP contribution in [0.2, 0.25) is 0 Å². The molecule has 1 aliphatic rings. The number of nitrogens with zero attached hydrogens (tertiary/aromatic N) is 1. The van der Waals surface area contributed by atoms with Crippen molar-refractivity contribution in [2.75, 3.05) is 32.8 Å². The van der Waals surface area contributed by atoms with Crippen LogP contribution in [-0.2, 0) is 4.79 Å². The summed E-state index contributed by atoms with van der Waals surface area (Å²) in [5, 5.41) is 2.87. The molecule has 1 heterocycles. The summed E-state index contributed by atoms with van der Waals surface area (Å²) in [6, 6.07) is 6.17. The molecule has 1 aliphatic heterocycles. The van der Waals surface area contributed by atoms with E-state index in [9.17, 15) is 4.79 Å². The average Bonchev–Trinajstić information content (AvgIpc) is 2.50. The van der Waals surface area contributed by atoms with Gasteiger partial charge in [0.1, 0.15) is 12.4 Å². The van der Waals surface area contributed by atoms with Crippen molar-refractivity contribution in [3.63, 3.8) is 0 Å². The lowest BCUT2D eigenvalue weighted by atomic mass is 10.1. The summed E-state index contributed by atoms with van der Waals surface area (Å²) < 4.78 is 5.92. The number of hydrogen-bond acceptors (Lipinski definition) is 3. The van der Waals surface area contributed by atoms with Crippen LogP contribution < -0.4 is 10.1 Å². The molecule has 1 N–H and O–H groups in total. The van der Waals surface area contributed by atoms with Gasteiger partial charge in [0.15, 0.2) is 0 Å². The zero-order chi connectivity index (χ0) is 15.9. The summed E-state index contributed by atoms with van der Waals surface area (Å²) in [6.45, 7) is 9.98. The molecule has 0 unspecified atom stereocenters. The first-order valence-electron chi connectivity index (χ1n) is 7.90. The molecular weight excluding hydrogens is 276 g/mol. The number of carbonyl (C=O) groups is 1. The highest BCUT2D eigenvalue weighted by Crippen LogP contribution is 2.20. The number of carbonyl (C=O) groups excluding carboxylic acids is 1. The van der Waals surface area contributed by atoms with Crippen molar-refractivity contribution in [2.45, 2.75) is 27.2 Å². The van der Waals surface area contributed by atoms with E-state index in [0.29, 0.717) is 13.2 Å². The van der Waals surface area contributed by atoms with Crippen LogP contribution in [0.5, 0.6) is 5.75 Å². The molecule has 0 fully saturated rings. The Balaban J connectivity index is 1.77. The lowest BCUT2D eigenvalue weighted by Crippen LogP contribution is -2.36. The molecule has 4 heteroatoms. The topological polar surface area (TPSA) is 41.6 Å². The number of ether oxygens (including phenoxy) is 1. The summed E-state index contributed by atoms with van der Waals surface area (Å²) in [6.07, 6.45) is 3.27. The molecule has 0 bridgehead atoms. The molecule has 1 amide bonds. The highest BCUT2D eigenvalue weighted by atomic mass is 16.5. The van der Waals surface area contributed by atoms with Gasteiger partial charge in [-0.1, -0.05) is 18.2 Å². The SMILES string of the molecule is CC(=O)NCC1=CCCN(CCOc2cccc(C)c2C)C1. The second kappa shape index (κ2) is 7.99. The zero-order valence-electron chi connectivity index (χ0n) is 13.8. The Morgan fingerprint density at radius 2 is 2.18 bits per heavy atom. The van der Waals surface area contributed by atoms with E-state index in [2.05, 4.69) is 36.2 Å². The monoisotopic (exact) mass is 302 g/mol. The molecule has 4 nitrogen and oxygen atoms in total. The fourth-order valence-corrected chi connectivity index (χ4v) is 2.60. The third-order valence-corrected chi connectivity index (χ3v) is 4.09. The Morgan fingerprint density at radius 3 is 2.95 bits per heavy atom. The zero-order valence-corrected chi connectivity index (χ0v) is 13.8. The molecule has 0 atom stereocenters. The summed E-state index contributed by atoms with van der Waals surface area (Å²) in [7, 11) is 0. The molecule has 1 aromatic carbocycles. The van der Waals surface area contributed by atoms with Gasteiger partial charge in [0.05, 0.1) is 0 Å². The largest absolute Gasteiger partial charge is 0.492 e. The van der Waals surface area contributed by atoms with Crippen molar-refractivity contribution in [1.29, 1.82) is 0 Å². The molecule has 0 saturated heterocycles. The smallest absolute Gasteiger partial charge is 0.217 e. The maximum Gasteiger partial charge on any atom is 0.217 e. The number of aryl methyl sites for hydroxylation is 1. The molecule has 0 saturated carbocycles. The highest BCUT2D eigenvalue weighted by Gasteiger charge is 2.13. The molecular formula is C18H26N2O2. The minimum absolute atomic E-state index is 0.0243. The molecule has 120 valence electrons. The third kappa shape index (κ3) is 4.88. The van der Waals surface area contributed by atoms with Gasteiger partial charge in [0.25, 0.3) is 0 Å². The molecule has 0 spiro atoms. The Labute approximate surface area is 133 Å². The molecule has 0 aliphatic carbocycles. The predicted molar refractivity (Wildman–Crippen MR) is 89.2 cm³/mol. The number of amides is 1. The minimum atomic E-state index is 0.0243. The number of benzene rings is 1. The molecule has 2 rings (SSSR count). The summed E-state index contributed by atoms with van der Waals surface area (Å²) in [5.74, 6) is 1.00. The van der Waals surface area contributed by atoms with E-state index in [1.807, 2.05) is 12.1 Å². The Bertz CT molecular complexity index is 552. The van der Waals surface area contributed by atoms with Crippen LogP contribution in [0.4, 0.5) is 0 Å². The van der Waals surface area contributed by atoms with Crippen LogP contribution in [-0.4, -0.2) is 43.6 Å². The first kappa shape index (κ1) is 16.6. The Morgan fingerprint density at radius 1 is 1.36 bits per heavy atom.